The van der Waals surface area contributed by atoms with Gasteiger partial charge in [0.25, 0.3) is 0 Å². The van der Waals surface area contributed by atoms with E-state index in [1.165, 1.54) is 24.0 Å². The van der Waals surface area contributed by atoms with Gasteiger partial charge in [0.1, 0.15) is 0 Å². The second-order valence-corrected chi connectivity index (χ2v) is 5.93. The fourth-order valence-electron chi connectivity index (χ4n) is 2.77. The summed E-state index contributed by atoms with van der Waals surface area (Å²) >= 11 is 0. The van der Waals surface area contributed by atoms with Gasteiger partial charge < -0.3 is 9.80 Å². The van der Waals surface area contributed by atoms with E-state index < -0.39 is 0 Å². The predicted molar refractivity (Wildman–Crippen MR) is 87.8 cm³/mol. The number of aromatic nitrogens is 3. The molecule has 1 fully saturated rings. The first-order chi connectivity index (χ1) is 10.8. The average molecular weight is 297 g/mol. The second-order valence-electron chi connectivity index (χ2n) is 5.93. The summed E-state index contributed by atoms with van der Waals surface area (Å²) in [7, 11) is 2.13. The molecule has 5 nitrogen and oxygen atoms in total. The molecule has 2 aromatic rings. The van der Waals surface area contributed by atoms with Crippen LogP contribution in [0.25, 0.3) is 0 Å². The Morgan fingerprint density at radius 3 is 2.41 bits per heavy atom. The Morgan fingerprint density at radius 1 is 1.05 bits per heavy atom. The number of nitrogens with zero attached hydrogens (tertiary/aromatic N) is 5. The van der Waals surface area contributed by atoms with Crippen molar-refractivity contribution in [2.75, 3.05) is 31.6 Å². The zero-order chi connectivity index (χ0) is 15.2. The van der Waals surface area contributed by atoms with Crippen LogP contribution < -0.4 is 4.90 Å². The number of rotatable bonds is 6. The fraction of sp³-hybridized carbons (Fsp3) is 0.471. The molecule has 1 saturated heterocycles. The van der Waals surface area contributed by atoms with Crippen molar-refractivity contribution >= 4 is 5.95 Å². The molecule has 0 saturated carbocycles. The third kappa shape index (κ3) is 4.01. The second kappa shape index (κ2) is 7.31. The van der Waals surface area contributed by atoms with Crippen LogP contribution in [-0.4, -0.2) is 46.5 Å². The SMILES string of the molecule is CN(CCc1ccncc1)Cc1cnc(N2CCCC2)nc1. The van der Waals surface area contributed by atoms with Gasteiger partial charge in [-0.2, -0.15) is 0 Å². The average Bonchev–Trinajstić information content (AvgIpc) is 3.09. The molecule has 0 aliphatic carbocycles. The summed E-state index contributed by atoms with van der Waals surface area (Å²) in [5, 5.41) is 0. The Labute approximate surface area is 132 Å². The quantitative estimate of drug-likeness (QED) is 0.817. The lowest BCUT2D eigenvalue weighted by molar-refractivity contribution is 0.330. The maximum Gasteiger partial charge on any atom is 0.225 e. The number of hydrogen-bond acceptors (Lipinski definition) is 5. The molecule has 22 heavy (non-hydrogen) atoms. The summed E-state index contributed by atoms with van der Waals surface area (Å²) in [6.45, 7) is 4.07. The van der Waals surface area contributed by atoms with Gasteiger partial charge in [-0.05, 0) is 44.0 Å². The predicted octanol–water partition coefficient (Wildman–Crippen LogP) is 2.15. The van der Waals surface area contributed by atoms with Crippen molar-refractivity contribution < 1.29 is 0 Å². The van der Waals surface area contributed by atoms with Crippen LogP contribution in [0.4, 0.5) is 5.95 Å². The molecule has 0 amide bonds. The molecule has 1 aliphatic heterocycles. The Hall–Kier alpha value is -2.01. The first kappa shape index (κ1) is 14.9. The number of hydrogen-bond donors (Lipinski definition) is 0. The molecule has 3 rings (SSSR count). The monoisotopic (exact) mass is 297 g/mol. The van der Waals surface area contributed by atoms with Crippen LogP contribution in [0.3, 0.4) is 0 Å². The third-order valence-electron chi connectivity index (χ3n) is 4.06. The van der Waals surface area contributed by atoms with Gasteiger partial charge in [0, 0.05) is 56.5 Å². The molecule has 0 radical (unpaired) electrons. The largest absolute Gasteiger partial charge is 0.341 e. The molecule has 116 valence electrons. The van der Waals surface area contributed by atoms with Gasteiger partial charge >= 0.3 is 0 Å². The molecular formula is C17H23N5. The normalized spacial score (nSPS) is 14.7. The minimum Gasteiger partial charge on any atom is -0.341 e. The molecule has 0 bridgehead atoms. The maximum atomic E-state index is 4.51. The van der Waals surface area contributed by atoms with Gasteiger partial charge in [-0.3, -0.25) is 4.98 Å². The van der Waals surface area contributed by atoms with Crippen LogP contribution in [0.5, 0.6) is 0 Å². The molecule has 0 unspecified atom stereocenters. The highest BCUT2D eigenvalue weighted by atomic mass is 15.3. The van der Waals surface area contributed by atoms with Crippen LogP contribution in [0.2, 0.25) is 0 Å². The Morgan fingerprint density at radius 2 is 1.73 bits per heavy atom. The van der Waals surface area contributed by atoms with Crippen LogP contribution in [-0.2, 0) is 13.0 Å². The lowest BCUT2D eigenvalue weighted by atomic mass is 10.2. The van der Waals surface area contributed by atoms with Crippen molar-refractivity contribution in [3.8, 4) is 0 Å². The van der Waals surface area contributed by atoms with Gasteiger partial charge in [-0.1, -0.05) is 0 Å². The van der Waals surface area contributed by atoms with Gasteiger partial charge in [-0.15, -0.1) is 0 Å². The molecule has 0 N–H and O–H groups in total. The highest BCUT2D eigenvalue weighted by molar-refractivity contribution is 5.30. The highest BCUT2D eigenvalue weighted by Gasteiger charge is 2.14. The van der Waals surface area contributed by atoms with Crippen molar-refractivity contribution in [1.29, 1.82) is 0 Å². The van der Waals surface area contributed by atoms with E-state index in [0.29, 0.717) is 0 Å². The summed E-state index contributed by atoms with van der Waals surface area (Å²) in [5.74, 6) is 0.876. The molecule has 2 aromatic heterocycles. The third-order valence-corrected chi connectivity index (χ3v) is 4.06. The zero-order valence-corrected chi connectivity index (χ0v) is 13.1. The molecule has 0 atom stereocenters. The highest BCUT2D eigenvalue weighted by Crippen LogP contribution is 2.15. The summed E-state index contributed by atoms with van der Waals surface area (Å²) in [6, 6.07) is 4.14. The van der Waals surface area contributed by atoms with Crippen molar-refractivity contribution in [3.63, 3.8) is 0 Å². The summed E-state index contributed by atoms with van der Waals surface area (Å²) in [6.07, 6.45) is 11.2. The van der Waals surface area contributed by atoms with E-state index in [9.17, 15) is 0 Å². The van der Waals surface area contributed by atoms with Crippen molar-refractivity contribution in [3.05, 3.63) is 48.0 Å². The zero-order valence-electron chi connectivity index (χ0n) is 13.1. The van der Waals surface area contributed by atoms with Crippen LogP contribution in [0.15, 0.2) is 36.9 Å². The van der Waals surface area contributed by atoms with Crippen LogP contribution >= 0.6 is 0 Å². The first-order valence-corrected chi connectivity index (χ1v) is 7.94. The molecule has 0 aromatic carbocycles. The van der Waals surface area contributed by atoms with Gasteiger partial charge in [-0.25, -0.2) is 9.97 Å². The molecule has 5 heteroatoms. The Bertz CT molecular complexity index is 563. The van der Waals surface area contributed by atoms with Crippen molar-refractivity contribution in [2.24, 2.45) is 0 Å². The molecular weight excluding hydrogens is 274 g/mol. The fourth-order valence-corrected chi connectivity index (χ4v) is 2.77. The summed E-state index contributed by atoms with van der Waals surface area (Å²) < 4.78 is 0. The van der Waals surface area contributed by atoms with E-state index in [1.54, 1.807) is 0 Å². The topological polar surface area (TPSA) is 45.2 Å². The van der Waals surface area contributed by atoms with Gasteiger partial charge in [0.05, 0.1) is 0 Å². The Balaban J connectivity index is 1.49. The van der Waals surface area contributed by atoms with E-state index in [2.05, 4.69) is 43.9 Å². The van der Waals surface area contributed by atoms with E-state index in [4.69, 9.17) is 0 Å². The lowest BCUT2D eigenvalue weighted by Gasteiger charge is -2.18. The maximum absolute atomic E-state index is 4.51. The molecule has 1 aliphatic rings. The molecule has 3 heterocycles. The number of anilines is 1. The minimum atomic E-state index is 0.876. The first-order valence-electron chi connectivity index (χ1n) is 7.94. The van der Waals surface area contributed by atoms with Gasteiger partial charge in [0.15, 0.2) is 0 Å². The van der Waals surface area contributed by atoms with Crippen molar-refractivity contribution in [2.45, 2.75) is 25.8 Å². The van der Waals surface area contributed by atoms with E-state index in [-0.39, 0.29) is 0 Å². The molecule has 0 spiro atoms. The van der Waals surface area contributed by atoms with Crippen LogP contribution in [0.1, 0.15) is 24.0 Å². The van der Waals surface area contributed by atoms with E-state index >= 15 is 0 Å². The summed E-state index contributed by atoms with van der Waals surface area (Å²) in [5.41, 5.74) is 2.49. The lowest BCUT2D eigenvalue weighted by Crippen LogP contribution is -2.22. The Kier molecular flexibility index (Phi) is 4.96. The summed E-state index contributed by atoms with van der Waals surface area (Å²) in [4.78, 5) is 17.6. The minimum absolute atomic E-state index is 0.876. The number of pyridine rings is 1. The van der Waals surface area contributed by atoms with E-state index in [0.717, 1.165) is 38.5 Å². The smallest absolute Gasteiger partial charge is 0.225 e. The van der Waals surface area contributed by atoms with E-state index in [1.807, 2.05) is 24.8 Å². The standard InChI is InChI=1S/C17H23N5/c1-21(11-6-15-4-7-18-8-5-15)14-16-12-19-17(20-13-16)22-9-2-3-10-22/h4-5,7-8,12-13H,2-3,6,9-11,14H2,1H3. The van der Waals surface area contributed by atoms with Crippen LogP contribution in [0, 0.1) is 0 Å². The number of likely N-dealkylation sites (N-methyl/N-ethyl adjacent to an activating group) is 1. The van der Waals surface area contributed by atoms with Crippen molar-refractivity contribution in [1.82, 2.24) is 19.9 Å². The van der Waals surface area contributed by atoms with Gasteiger partial charge in [0.2, 0.25) is 5.95 Å².